The maximum Gasteiger partial charge on any atom is 0.246 e. The molecule has 0 spiro atoms. The summed E-state index contributed by atoms with van der Waals surface area (Å²) in [6, 6.07) is -0.323. The van der Waals surface area contributed by atoms with Gasteiger partial charge in [0.2, 0.25) is 11.0 Å². The molecule has 1 unspecified atom stereocenters. The molecule has 8 nitrogen and oxygen atoms in total. The predicted octanol–water partition coefficient (Wildman–Crippen LogP) is 1.13. The molecule has 19 heavy (non-hydrogen) atoms. The summed E-state index contributed by atoms with van der Waals surface area (Å²) in [6.45, 7) is 3.56. The second kappa shape index (κ2) is 4.43. The third-order valence-corrected chi connectivity index (χ3v) is 3.21. The highest BCUT2D eigenvalue weighted by molar-refractivity contribution is 7.13. The molecule has 1 aliphatic heterocycles. The number of aryl methyl sites for hydroxylation is 1. The zero-order valence-corrected chi connectivity index (χ0v) is 11.1. The van der Waals surface area contributed by atoms with Gasteiger partial charge in [-0.15, -0.1) is 10.2 Å². The van der Waals surface area contributed by atoms with E-state index < -0.39 is 0 Å². The number of nitrogens with one attached hydrogen (secondary N) is 3. The van der Waals surface area contributed by atoms with Crippen molar-refractivity contribution in [2.45, 2.75) is 19.9 Å². The Morgan fingerprint density at radius 1 is 1.42 bits per heavy atom. The average molecular weight is 277 g/mol. The van der Waals surface area contributed by atoms with Crippen molar-refractivity contribution in [1.82, 2.24) is 20.2 Å². The van der Waals surface area contributed by atoms with Gasteiger partial charge >= 0.3 is 0 Å². The van der Waals surface area contributed by atoms with Crippen LogP contribution in [0.3, 0.4) is 0 Å². The van der Waals surface area contributed by atoms with Crippen molar-refractivity contribution in [3.63, 3.8) is 0 Å². The van der Waals surface area contributed by atoms with Gasteiger partial charge in [0.05, 0.1) is 0 Å². The van der Waals surface area contributed by atoms with Crippen LogP contribution in [-0.4, -0.2) is 32.1 Å². The summed E-state index contributed by atoms with van der Waals surface area (Å²) in [5.41, 5.74) is 2.14. The van der Waals surface area contributed by atoms with Crippen molar-refractivity contribution in [2.75, 3.05) is 16.0 Å². The van der Waals surface area contributed by atoms with E-state index in [0.29, 0.717) is 28.3 Å². The van der Waals surface area contributed by atoms with Crippen molar-refractivity contribution in [3.8, 4) is 0 Å². The Morgan fingerprint density at radius 2 is 2.26 bits per heavy atom. The molecule has 2 aromatic heterocycles. The standard InChI is InChI=1S/C10H11N7OS/c1-4-9(18)15-6-7(12-4)13-5(2)14-8(6)16-10-17-11-3-19-10/h3-4H,1-2H3,(H,15,18)(H2,12,13,14,16,17). The van der Waals surface area contributed by atoms with Gasteiger partial charge in [-0.25, -0.2) is 9.97 Å². The molecule has 2 aromatic rings. The molecule has 0 saturated carbocycles. The highest BCUT2D eigenvalue weighted by atomic mass is 32.1. The lowest BCUT2D eigenvalue weighted by Crippen LogP contribution is -2.37. The van der Waals surface area contributed by atoms with Crippen LogP contribution in [0.4, 0.5) is 22.5 Å². The summed E-state index contributed by atoms with van der Waals surface area (Å²) < 4.78 is 0. The maximum atomic E-state index is 11.7. The molecule has 1 amide bonds. The topological polar surface area (TPSA) is 105 Å². The Labute approximate surface area is 112 Å². The van der Waals surface area contributed by atoms with E-state index >= 15 is 0 Å². The van der Waals surface area contributed by atoms with Crippen LogP contribution in [0, 0.1) is 6.92 Å². The first-order valence-electron chi connectivity index (χ1n) is 5.62. The molecule has 0 aromatic carbocycles. The highest BCUT2D eigenvalue weighted by Gasteiger charge is 2.26. The van der Waals surface area contributed by atoms with E-state index in [1.807, 2.05) is 0 Å². The quantitative estimate of drug-likeness (QED) is 0.755. The number of anilines is 4. The Balaban J connectivity index is 2.02. The van der Waals surface area contributed by atoms with Gasteiger partial charge < -0.3 is 16.0 Å². The van der Waals surface area contributed by atoms with Gasteiger partial charge in [-0.1, -0.05) is 11.3 Å². The zero-order valence-electron chi connectivity index (χ0n) is 10.3. The van der Waals surface area contributed by atoms with Gasteiger partial charge in [-0.3, -0.25) is 4.79 Å². The summed E-state index contributed by atoms with van der Waals surface area (Å²) in [5, 5.41) is 17.1. The van der Waals surface area contributed by atoms with E-state index in [2.05, 4.69) is 36.1 Å². The van der Waals surface area contributed by atoms with Crippen molar-refractivity contribution in [1.29, 1.82) is 0 Å². The zero-order chi connectivity index (χ0) is 13.4. The molecular formula is C10H11N7OS. The fraction of sp³-hybridized carbons (Fsp3) is 0.300. The first-order chi connectivity index (χ1) is 9.13. The summed E-state index contributed by atoms with van der Waals surface area (Å²) in [4.78, 5) is 20.3. The Hall–Kier alpha value is -2.29. The molecular weight excluding hydrogens is 266 g/mol. The SMILES string of the molecule is Cc1nc(Nc2nncs2)c2c(n1)NC(C)C(=O)N2. The van der Waals surface area contributed by atoms with Gasteiger partial charge in [-0.2, -0.15) is 0 Å². The van der Waals surface area contributed by atoms with E-state index in [0.717, 1.165) is 0 Å². The molecule has 3 heterocycles. The second-order valence-electron chi connectivity index (χ2n) is 4.07. The molecule has 0 saturated heterocycles. The van der Waals surface area contributed by atoms with E-state index in [1.54, 1.807) is 19.4 Å². The minimum atomic E-state index is -0.323. The molecule has 9 heteroatoms. The van der Waals surface area contributed by atoms with Crippen LogP contribution in [-0.2, 0) is 4.79 Å². The normalized spacial score (nSPS) is 17.4. The summed E-state index contributed by atoms with van der Waals surface area (Å²) in [6.07, 6.45) is 0. The van der Waals surface area contributed by atoms with E-state index in [1.165, 1.54) is 11.3 Å². The summed E-state index contributed by atoms with van der Waals surface area (Å²) in [7, 11) is 0. The highest BCUT2D eigenvalue weighted by Crippen LogP contribution is 2.33. The number of carbonyl (C=O) groups excluding carboxylic acids is 1. The fourth-order valence-electron chi connectivity index (χ4n) is 1.72. The number of amides is 1. The summed E-state index contributed by atoms with van der Waals surface area (Å²) >= 11 is 1.35. The van der Waals surface area contributed by atoms with Crippen LogP contribution in [0.15, 0.2) is 5.51 Å². The number of hydrogen-bond donors (Lipinski definition) is 3. The molecule has 98 valence electrons. The second-order valence-corrected chi connectivity index (χ2v) is 4.90. The largest absolute Gasteiger partial charge is 0.357 e. The van der Waals surface area contributed by atoms with E-state index in [4.69, 9.17) is 0 Å². The van der Waals surface area contributed by atoms with Gasteiger partial charge in [0.15, 0.2) is 11.6 Å². The Bertz CT molecular complexity index is 627. The lowest BCUT2D eigenvalue weighted by atomic mass is 10.2. The molecule has 0 fully saturated rings. The van der Waals surface area contributed by atoms with Gasteiger partial charge in [0.25, 0.3) is 0 Å². The maximum absolute atomic E-state index is 11.7. The van der Waals surface area contributed by atoms with Crippen LogP contribution in [0.2, 0.25) is 0 Å². The molecule has 3 N–H and O–H groups in total. The van der Waals surface area contributed by atoms with E-state index in [9.17, 15) is 4.79 Å². The van der Waals surface area contributed by atoms with Gasteiger partial charge in [0.1, 0.15) is 23.1 Å². The Morgan fingerprint density at radius 3 is 3.00 bits per heavy atom. The number of rotatable bonds is 2. The van der Waals surface area contributed by atoms with Crippen LogP contribution >= 0.6 is 11.3 Å². The Kier molecular flexibility index (Phi) is 2.75. The lowest BCUT2D eigenvalue weighted by Gasteiger charge is -2.24. The van der Waals surface area contributed by atoms with E-state index in [-0.39, 0.29) is 11.9 Å². The van der Waals surface area contributed by atoms with Crippen LogP contribution in [0.5, 0.6) is 0 Å². The molecule has 1 aliphatic rings. The monoisotopic (exact) mass is 277 g/mol. The number of fused-ring (bicyclic) bond motifs is 1. The van der Waals surface area contributed by atoms with Crippen molar-refractivity contribution in [2.24, 2.45) is 0 Å². The van der Waals surface area contributed by atoms with Gasteiger partial charge in [0, 0.05) is 0 Å². The number of nitrogens with zero attached hydrogens (tertiary/aromatic N) is 4. The minimum Gasteiger partial charge on any atom is -0.357 e. The molecule has 3 rings (SSSR count). The summed E-state index contributed by atoms with van der Waals surface area (Å²) in [5.74, 6) is 1.58. The fourth-order valence-corrected chi connectivity index (χ4v) is 2.16. The average Bonchev–Trinajstić information content (AvgIpc) is 2.84. The van der Waals surface area contributed by atoms with Crippen molar-refractivity contribution in [3.05, 3.63) is 11.3 Å². The lowest BCUT2D eigenvalue weighted by molar-refractivity contribution is -0.116. The predicted molar refractivity (Wildman–Crippen MR) is 71.7 cm³/mol. The number of aromatic nitrogens is 4. The number of hydrogen-bond acceptors (Lipinski definition) is 8. The third kappa shape index (κ3) is 2.19. The van der Waals surface area contributed by atoms with Crippen LogP contribution in [0.1, 0.15) is 12.7 Å². The smallest absolute Gasteiger partial charge is 0.246 e. The van der Waals surface area contributed by atoms with Crippen molar-refractivity contribution >= 4 is 39.7 Å². The third-order valence-electron chi connectivity index (χ3n) is 2.60. The minimum absolute atomic E-state index is 0.125. The first-order valence-corrected chi connectivity index (χ1v) is 6.50. The van der Waals surface area contributed by atoms with Crippen molar-refractivity contribution < 1.29 is 4.79 Å². The van der Waals surface area contributed by atoms with Crippen LogP contribution < -0.4 is 16.0 Å². The first kappa shape index (κ1) is 11.8. The van der Waals surface area contributed by atoms with Crippen LogP contribution in [0.25, 0.3) is 0 Å². The molecule has 0 bridgehead atoms. The molecule has 1 atom stereocenters. The van der Waals surface area contributed by atoms with Gasteiger partial charge in [-0.05, 0) is 13.8 Å². The molecule has 0 radical (unpaired) electrons. The number of carbonyl (C=O) groups is 1. The molecule has 0 aliphatic carbocycles.